The zero-order chi connectivity index (χ0) is 5.86. The minimum absolute atomic E-state index is 0. The van der Waals surface area contributed by atoms with Crippen LogP contribution in [0.5, 0.6) is 0 Å². The molecule has 4 heteroatoms. The third-order valence-electron chi connectivity index (χ3n) is 0.443. The fraction of sp³-hybridized carbons (Fsp3) is 0.250. The zero-order valence-corrected chi connectivity index (χ0v) is 3.60. The minimum atomic E-state index is -1.92. The van der Waals surface area contributed by atoms with Crippen LogP contribution in [-0.2, 0) is 4.79 Å². The second-order valence-electron chi connectivity index (χ2n) is 0.976. The summed E-state index contributed by atoms with van der Waals surface area (Å²) in [6.45, 7) is 2.93. The molecule has 0 rings (SSSR count). The number of carbonyl (C=O) groups is 1. The fourth-order valence-electron chi connectivity index (χ4n) is 0.101. The van der Waals surface area contributed by atoms with Gasteiger partial charge in [0.15, 0.2) is 0 Å². The molecule has 0 fully saturated rings. The van der Waals surface area contributed by atoms with Crippen molar-refractivity contribution in [1.82, 2.24) is 0 Å². The first-order valence-electron chi connectivity index (χ1n) is 1.68. The van der Waals surface area contributed by atoms with Gasteiger partial charge in [0.05, 0.1) is 0 Å². The first kappa shape index (κ1) is 11.0. The van der Waals surface area contributed by atoms with Gasteiger partial charge in [0.1, 0.15) is 0 Å². The molecule has 8 heavy (non-hydrogen) atoms. The normalized spacial score (nSPS) is 11.1. The Morgan fingerprint density at radius 1 is 1.88 bits per heavy atom. The van der Waals surface area contributed by atoms with Gasteiger partial charge in [-0.2, -0.15) is 0 Å². The molecular formula is C4H6FNaO2. The van der Waals surface area contributed by atoms with Gasteiger partial charge in [0, 0.05) is 0 Å². The molecular weight excluding hydrogens is 122 g/mol. The van der Waals surface area contributed by atoms with Gasteiger partial charge in [0.25, 0.3) is 0 Å². The zero-order valence-electron chi connectivity index (χ0n) is 3.60. The van der Waals surface area contributed by atoms with E-state index in [1.165, 1.54) is 0 Å². The molecule has 1 unspecified atom stereocenters. The number of halogens is 1. The first-order valence-corrected chi connectivity index (χ1v) is 1.68. The first-order chi connectivity index (χ1) is 3.18. The number of hydrogen-bond donors (Lipinski definition) is 1. The second kappa shape index (κ2) is 5.28. The summed E-state index contributed by atoms with van der Waals surface area (Å²) in [4.78, 5) is 9.48. The molecule has 0 heterocycles. The molecule has 0 aromatic rings. The Labute approximate surface area is 68.7 Å². The van der Waals surface area contributed by atoms with E-state index in [4.69, 9.17) is 5.11 Å². The molecule has 0 amide bonds. The SMILES string of the molecule is C=CC(F)C(=O)O.[NaH]. The summed E-state index contributed by atoms with van der Waals surface area (Å²) in [7, 11) is 0. The van der Waals surface area contributed by atoms with Gasteiger partial charge in [-0.1, -0.05) is 6.58 Å². The van der Waals surface area contributed by atoms with Crippen LogP contribution in [0.2, 0.25) is 0 Å². The van der Waals surface area contributed by atoms with E-state index in [1.807, 2.05) is 0 Å². The predicted molar refractivity (Wildman–Crippen MR) is 29.9 cm³/mol. The maximum absolute atomic E-state index is 11.5. The van der Waals surface area contributed by atoms with Crippen molar-refractivity contribution in [2.75, 3.05) is 0 Å². The molecule has 2 nitrogen and oxygen atoms in total. The van der Waals surface area contributed by atoms with Crippen LogP contribution in [-0.4, -0.2) is 46.8 Å². The summed E-state index contributed by atoms with van der Waals surface area (Å²) >= 11 is 0. The summed E-state index contributed by atoms with van der Waals surface area (Å²) in [5.74, 6) is -1.49. The van der Waals surface area contributed by atoms with Crippen LogP contribution >= 0.6 is 0 Å². The number of carboxylic acid groups (broad SMARTS) is 1. The van der Waals surface area contributed by atoms with Crippen molar-refractivity contribution >= 4 is 35.5 Å². The van der Waals surface area contributed by atoms with Crippen molar-refractivity contribution in [2.24, 2.45) is 0 Å². The molecule has 0 aliphatic heterocycles. The van der Waals surface area contributed by atoms with E-state index in [2.05, 4.69) is 6.58 Å². The fourth-order valence-corrected chi connectivity index (χ4v) is 0.101. The molecule has 1 N–H and O–H groups in total. The van der Waals surface area contributed by atoms with Crippen LogP contribution < -0.4 is 0 Å². The third kappa shape index (κ3) is 4.30. The number of carboxylic acids is 1. The Bertz CT molecular complexity index is 94.0. The van der Waals surface area contributed by atoms with Crippen LogP contribution in [0, 0.1) is 0 Å². The average molecular weight is 128 g/mol. The van der Waals surface area contributed by atoms with Crippen molar-refractivity contribution in [3.63, 3.8) is 0 Å². The Hall–Kier alpha value is 0.140. The van der Waals surface area contributed by atoms with Gasteiger partial charge in [-0.3, -0.25) is 0 Å². The quantitative estimate of drug-likeness (QED) is 0.418. The molecule has 1 atom stereocenters. The Morgan fingerprint density at radius 2 is 2.25 bits per heavy atom. The molecule has 0 aromatic heterocycles. The second-order valence-corrected chi connectivity index (χ2v) is 0.976. The van der Waals surface area contributed by atoms with E-state index >= 15 is 0 Å². The molecule has 0 spiro atoms. The molecule has 0 radical (unpaired) electrons. The average Bonchev–Trinajstić information content (AvgIpc) is 1.65. The van der Waals surface area contributed by atoms with Gasteiger partial charge in [-0.15, -0.1) is 0 Å². The summed E-state index contributed by atoms with van der Waals surface area (Å²) in [6, 6.07) is 0. The van der Waals surface area contributed by atoms with Crippen molar-refractivity contribution in [3.8, 4) is 0 Å². The van der Waals surface area contributed by atoms with E-state index in [0.717, 1.165) is 6.08 Å². The Morgan fingerprint density at radius 3 is 2.25 bits per heavy atom. The van der Waals surface area contributed by atoms with Gasteiger partial charge < -0.3 is 5.11 Å². The van der Waals surface area contributed by atoms with E-state index in [-0.39, 0.29) is 29.6 Å². The van der Waals surface area contributed by atoms with Crippen molar-refractivity contribution in [3.05, 3.63) is 12.7 Å². The molecule has 42 valence electrons. The molecule has 0 bridgehead atoms. The van der Waals surface area contributed by atoms with Gasteiger partial charge in [0.2, 0.25) is 6.17 Å². The van der Waals surface area contributed by atoms with Crippen molar-refractivity contribution in [1.29, 1.82) is 0 Å². The monoisotopic (exact) mass is 128 g/mol. The Balaban J connectivity index is 0. The van der Waals surface area contributed by atoms with Gasteiger partial charge in [-0.25, -0.2) is 9.18 Å². The molecule has 0 aliphatic rings. The molecule has 0 saturated heterocycles. The molecule has 0 saturated carbocycles. The van der Waals surface area contributed by atoms with Gasteiger partial charge >= 0.3 is 35.5 Å². The topological polar surface area (TPSA) is 37.3 Å². The van der Waals surface area contributed by atoms with Crippen molar-refractivity contribution in [2.45, 2.75) is 6.17 Å². The number of alkyl halides is 1. The van der Waals surface area contributed by atoms with Crippen LogP contribution in [0.15, 0.2) is 12.7 Å². The number of aliphatic carboxylic acids is 1. The van der Waals surface area contributed by atoms with E-state index in [9.17, 15) is 9.18 Å². The molecule has 0 aliphatic carbocycles. The van der Waals surface area contributed by atoms with E-state index < -0.39 is 12.1 Å². The molecule has 0 aromatic carbocycles. The maximum atomic E-state index is 11.5. The number of rotatable bonds is 2. The summed E-state index contributed by atoms with van der Waals surface area (Å²) < 4.78 is 11.5. The van der Waals surface area contributed by atoms with E-state index in [1.54, 1.807) is 0 Å². The van der Waals surface area contributed by atoms with Crippen LogP contribution in [0.1, 0.15) is 0 Å². The van der Waals surface area contributed by atoms with Crippen LogP contribution in [0.4, 0.5) is 4.39 Å². The predicted octanol–water partition coefficient (Wildman–Crippen LogP) is -0.0534. The third-order valence-corrected chi connectivity index (χ3v) is 0.443. The standard InChI is InChI=1S/C4H5FO2.Na.H/c1-2-3(5)4(6)7;;/h2-3H,1H2,(H,6,7);;. The van der Waals surface area contributed by atoms with Crippen LogP contribution in [0.3, 0.4) is 0 Å². The summed E-state index contributed by atoms with van der Waals surface area (Å²) in [5.41, 5.74) is 0. The summed E-state index contributed by atoms with van der Waals surface area (Å²) in [6.07, 6.45) is -1.19. The summed E-state index contributed by atoms with van der Waals surface area (Å²) in [5, 5.41) is 7.74. The number of hydrogen-bond acceptors (Lipinski definition) is 1. The van der Waals surface area contributed by atoms with Crippen molar-refractivity contribution < 1.29 is 14.3 Å². The Kier molecular flexibility index (Phi) is 7.26. The van der Waals surface area contributed by atoms with E-state index in [0.29, 0.717) is 0 Å². The van der Waals surface area contributed by atoms with Gasteiger partial charge in [-0.05, 0) is 6.08 Å². The van der Waals surface area contributed by atoms with Crippen LogP contribution in [0.25, 0.3) is 0 Å².